The van der Waals surface area contributed by atoms with Gasteiger partial charge in [0, 0.05) is 32.2 Å². The van der Waals surface area contributed by atoms with Crippen molar-refractivity contribution in [1.82, 2.24) is 9.80 Å². The number of piperazine rings is 1. The lowest BCUT2D eigenvalue weighted by Gasteiger charge is -2.38. The van der Waals surface area contributed by atoms with Crippen LogP contribution in [0.4, 0.5) is 0 Å². The molecule has 0 aromatic rings. The Labute approximate surface area is 170 Å². The van der Waals surface area contributed by atoms with Crippen molar-refractivity contribution in [2.45, 2.75) is 111 Å². The number of nitrogens with zero attached hydrogens (tertiary/aromatic N) is 2. The van der Waals surface area contributed by atoms with E-state index in [1.807, 2.05) is 0 Å². The fourth-order valence-corrected chi connectivity index (χ4v) is 5.08. The van der Waals surface area contributed by atoms with E-state index in [9.17, 15) is 0 Å². The molecule has 0 aromatic heterocycles. The lowest BCUT2D eigenvalue weighted by atomic mass is 9.81. The van der Waals surface area contributed by atoms with Crippen LogP contribution in [0.3, 0.4) is 0 Å². The molecule has 0 aromatic carbocycles. The van der Waals surface area contributed by atoms with E-state index >= 15 is 0 Å². The van der Waals surface area contributed by atoms with Crippen molar-refractivity contribution in [2.75, 3.05) is 32.7 Å². The number of hydrogen-bond donors (Lipinski definition) is 0. The number of hydrogen-bond acceptors (Lipinski definition) is 3. The van der Waals surface area contributed by atoms with Gasteiger partial charge in [-0.3, -0.25) is 4.90 Å². The first-order valence-electron chi connectivity index (χ1n) is 12.1. The summed E-state index contributed by atoms with van der Waals surface area (Å²) >= 11 is 0. The van der Waals surface area contributed by atoms with Crippen molar-refractivity contribution >= 4 is 0 Å². The zero-order chi connectivity index (χ0) is 19.6. The summed E-state index contributed by atoms with van der Waals surface area (Å²) in [6, 6.07) is 0.759. The molecule has 0 amide bonds. The molecule has 2 fully saturated rings. The van der Waals surface area contributed by atoms with E-state index in [1.54, 1.807) is 0 Å². The summed E-state index contributed by atoms with van der Waals surface area (Å²) in [5.74, 6) is 1.82. The average molecular weight is 381 g/mol. The Kier molecular flexibility index (Phi) is 10.7. The molecule has 3 unspecified atom stereocenters. The van der Waals surface area contributed by atoms with Crippen LogP contribution in [-0.2, 0) is 4.74 Å². The standard InChI is InChI=1S/C24H48N2O/c1-6-8-22(5)27-24-11-9-23(10-12-24)19-20(3)13-14-25-15-17-26(18-16-25)21(4)7-2/h20-24H,6-19H2,1-5H3. The molecule has 0 radical (unpaired) electrons. The summed E-state index contributed by atoms with van der Waals surface area (Å²) in [5.41, 5.74) is 0. The number of ether oxygens (including phenoxy) is 1. The second-order valence-corrected chi connectivity index (χ2v) is 9.64. The van der Waals surface area contributed by atoms with Gasteiger partial charge in [-0.2, -0.15) is 0 Å². The smallest absolute Gasteiger partial charge is 0.0579 e. The maximum absolute atomic E-state index is 6.23. The predicted octanol–water partition coefficient (Wildman–Crippen LogP) is 5.58. The highest BCUT2D eigenvalue weighted by molar-refractivity contribution is 4.78. The van der Waals surface area contributed by atoms with E-state index in [0.29, 0.717) is 12.2 Å². The van der Waals surface area contributed by atoms with Crippen LogP contribution in [0.2, 0.25) is 0 Å². The summed E-state index contributed by atoms with van der Waals surface area (Å²) in [4.78, 5) is 5.37. The second-order valence-electron chi connectivity index (χ2n) is 9.64. The van der Waals surface area contributed by atoms with Crippen molar-refractivity contribution in [3.8, 4) is 0 Å². The van der Waals surface area contributed by atoms with Gasteiger partial charge in [0.05, 0.1) is 12.2 Å². The SMILES string of the molecule is CCCC(C)OC1CCC(CC(C)CCN2CCN(C(C)CC)CC2)CC1. The zero-order valence-electron chi connectivity index (χ0n) is 19.1. The normalized spacial score (nSPS) is 28.8. The molecule has 1 heterocycles. The molecule has 0 spiro atoms. The van der Waals surface area contributed by atoms with E-state index in [4.69, 9.17) is 4.74 Å². The van der Waals surface area contributed by atoms with Crippen LogP contribution in [0.1, 0.15) is 92.4 Å². The molecule has 3 nitrogen and oxygen atoms in total. The van der Waals surface area contributed by atoms with Gasteiger partial charge in [-0.25, -0.2) is 0 Å². The molecule has 0 N–H and O–H groups in total. The molecule has 160 valence electrons. The van der Waals surface area contributed by atoms with Gasteiger partial charge in [0.1, 0.15) is 0 Å². The van der Waals surface area contributed by atoms with Gasteiger partial charge in [-0.05, 0) is 83.6 Å². The summed E-state index contributed by atoms with van der Waals surface area (Å²) in [6.07, 6.45) is 12.9. The summed E-state index contributed by atoms with van der Waals surface area (Å²) in [6.45, 7) is 18.1. The minimum atomic E-state index is 0.455. The lowest BCUT2D eigenvalue weighted by Crippen LogP contribution is -2.49. The van der Waals surface area contributed by atoms with Crippen LogP contribution in [0.5, 0.6) is 0 Å². The van der Waals surface area contributed by atoms with Crippen LogP contribution in [0.25, 0.3) is 0 Å². The van der Waals surface area contributed by atoms with Gasteiger partial charge in [0.2, 0.25) is 0 Å². The Balaban J connectivity index is 1.56. The average Bonchev–Trinajstić information content (AvgIpc) is 2.68. The minimum absolute atomic E-state index is 0.455. The summed E-state index contributed by atoms with van der Waals surface area (Å²) < 4.78 is 6.23. The molecular formula is C24H48N2O. The van der Waals surface area contributed by atoms with Gasteiger partial charge in [0.25, 0.3) is 0 Å². The molecule has 2 rings (SSSR count). The van der Waals surface area contributed by atoms with Crippen molar-refractivity contribution in [1.29, 1.82) is 0 Å². The number of rotatable bonds is 11. The van der Waals surface area contributed by atoms with Gasteiger partial charge >= 0.3 is 0 Å². The highest BCUT2D eigenvalue weighted by Gasteiger charge is 2.25. The first-order valence-corrected chi connectivity index (χ1v) is 12.1. The lowest BCUT2D eigenvalue weighted by molar-refractivity contribution is -0.0329. The Bertz CT molecular complexity index is 373. The molecule has 3 atom stereocenters. The second kappa shape index (κ2) is 12.4. The van der Waals surface area contributed by atoms with Crippen LogP contribution < -0.4 is 0 Å². The largest absolute Gasteiger partial charge is 0.375 e. The van der Waals surface area contributed by atoms with Crippen LogP contribution in [0.15, 0.2) is 0 Å². The molecule has 0 bridgehead atoms. The fourth-order valence-electron chi connectivity index (χ4n) is 5.08. The Morgan fingerprint density at radius 2 is 1.56 bits per heavy atom. The maximum Gasteiger partial charge on any atom is 0.0579 e. The van der Waals surface area contributed by atoms with Crippen LogP contribution >= 0.6 is 0 Å². The zero-order valence-corrected chi connectivity index (χ0v) is 19.1. The Morgan fingerprint density at radius 1 is 0.889 bits per heavy atom. The van der Waals surface area contributed by atoms with E-state index in [1.165, 1.54) is 90.5 Å². The van der Waals surface area contributed by atoms with Crippen molar-refractivity contribution in [2.24, 2.45) is 11.8 Å². The van der Waals surface area contributed by atoms with Crippen molar-refractivity contribution < 1.29 is 4.74 Å². The predicted molar refractivity (Wildman–Crippen MR) is 117 cm³/mol. The fraction of sp³-hybridized carbons (Fsp3) is 1.00. The maximum atomic E-state index is 6.23. The summed E-state index contributed by atoms with van der Waals surface area (Å²) in [7, 11) is 0. The Hall–Kier alpha value is -0.120. The molecule has 3 heteroatoms. The highest BCUT2D eigenvalue weighted by Crippen LogP contribution is 2.32. The van der Waals surface area contributed by atoms with Crippen LogP contribution in [-0.4, -0.2) is 60.8 Å². The molecular weight excluding hydrogens is 332 g/mol. The third-order valence-corrected chi connectivity index (χ3v) is 7.21. The van der Waals surface area contributed by atoms with Crippen molar-refractivity contribution in [3.63, 3.8) is 0 Å². The van der Waals surface area contributed by atoms with E-state index in [-0.39, 0.29) is 0 Å². The van der Waals surface area contributed by atoms with Gasteiger partial charge in [-0.15, -0.1) is 0 Å². The van der Waals surface area contributed by atoms with E-state index in [2.05, 4.69) is 44.4 Å². The first kappa shape index (κ1) is 23.2. The quantitative estimate of drug-likeness (QED) is 0.465. The van der Waals surface area contributed by atoms with E-state index < -0.39 is 0 Å². The molecule has 1 saturated carbocycles. The third kappa shape index (κ3) is 8.41. The molecule has 1 aliphatic carbocycles. The highest BCUT2D eigenvalue weighted by atomic mass is 16.5. The van der Waals surface area contributed by atoms with Crippen LogP contribution in [0, 0.1) is 11.8 Å². The van der Waals surface area contributed by atoms with Gasteiger partial charge < -0.3 is 9.64 Å². The molecule has 27 heavy (non-hydrogen) atoms. The molecule has 1 aliphatic heterocycles. The van der Waals surface area contributed by atoms with Crippen molar-refractivity contribution in [3.05, 3.63) is 0 Å². The topological polar surface area (TPSA) is 15.7 Å². The van der Waals surface area contributed by atoms with Gasteiger partial charge in [-0.1, -0.05) is 27.2 Å². The third-order valence-electron chi connectivity index (χ3n) is 7.21. The van der Waals surface area contributed by atoms with E-state index in [0.717, 1.165) is 17.9 Å². The monoisotopic (exact) mass is 380 g/mol. The Morgan fingerprint density at radius 3 is 2.15 bits per heavy atom. The molecule has 1 saturated heterocycles. The molecule has 2 aliphatic rings. The minimum Gasteiger partial charge on any atom is -0.375 e. The first-order chi connectivity index (χ1) is 13.0. The van der Waals surface area contributed by atoms with Gasteiger partial charge in [0.15, 0.2) is 0 Å². The summed E-state index contributed by atoms with van der Waals surface area (Å²) in [5, 5.41) is 0.